The van der Waals surface area contributed by atoms with Crippen molar-refractivity contribution in [1.82, 2.24) is 0 Å². The van der Waals surface area contributed by atoms with Gasteiger partial charge in [-0.05, 0) is 0 Å². The first-order chi connectivity index (χ1) is 6.40. The number of nitrogens with zero attached hydrogens (tertiary/aromatic N) is 1. The lowest BCUT2D eigenvalue weighted by atomic mass is 10.0. The van der Waals surface area contributed by atoms with Crippen LogP contribution < -0.4 is 0 Å². The molecular weight excluding hydrogens is 162 g/mol. The zero-order valence-electron chi connectivity index (χ0n) is 7.31. The van der Waals surface area contributed by atoms with Gasteiger partial charge in [-0.2, -0.15) is 0 Å². The molecule has 2 atom stereocenters. The molecule has 0 spiro atoms. The van der Waals surface area contributed by atoms with Crippen LogP contribution in [0.1, 0.15) is 18.0 Å². The van der Waals surface area contributed by atoms with Gasteiger partial charge in [0.25, 0.3) is 6.04 Å². The number of benzene rings is 1. The monoisotopic (exact) mass is 173 g/mol. The van der Waals surface area contributed by atoms with Gasteiger partial charge in [0.2, 0.25) is 0 Å². The number of hydrogen-bond acceptors (Lipinski definition) is 1. The van der Waals surface area contributed by atoms with E-state index in [0.717, 1.165) is 18.6 Å². The van der Waals surface area contributed by atoms with Crippen molar-refractivity contribution in [3.8, 4) is 0 Å². The third-order valence-corrected chi connectivity index (χ3v) is 2.23. The van der Waals surface area contributed by atoms with Crippen LogP contribution in [0.5, 0.6) is 0 Å². The summed E-state index contributed by atoms with van der Waals surface area (Å²) in [7, 11) is 0. The summed E-state index contributed by atoms with van der Waals surface area (Å²) in [6.07, 6.45) is 1.17. The van der Waals surface area contributed by atoms with Gasteiger partial charge in [-0.15, -0.1) is 0 Å². The van der Waals surface area contributed by atoms with E-state index in [1.165, 1.54) is 0 Å². The quantitative estimate of drug-likeness (QED) is 0.506. The number of rotatable bonds is 3. The molecule has 0 bridgehead atoms. The van der Waals surface area contributed by atoms with Gasteiger partial charge >= 0.3 is 0 Å². The minimum Gasteiger partial charge on any atom is -0.373 e. The lowest BCUT2D eigenvalue weighted by molar-refractivity contribution is 0.389. The summed E-state index contributed by atoms with van der Waals surface area (Å²) in [5, 5.41) is 0. The predicted molar refractivity (Wildman–Crippen MR) is 50.1 cm³/mol. The summed E-state index contributed by atoms with van der Waals surface area (Å²) < 4.78 is 5.12. The Bertz CT molecular complexity index is 311. The molecule has 2 nitrogen and oxygen atoms in total. The summed E-state index contributed by atoms with van der Waals surface area (Å²) >= 11 is 0. The Labute approximate surface area is 78.0 Å². The molecular formula is C11H11NO. The molecule has 0 N–H and O–H groups in total. The number of epoxide rings is 1. The van der Waals surface area contributed by atoms with Crippen LogP contribution in [0.25, 0.3) is 4.85 Å². The van der Waals surface area contributed by atoms with Crippen molar-refractivity contribution in [3.05, 3.63) is 47.3 Å². The van der Waals surface area contributed by atoms with Gasteiger partial charge in [-0.1, -0.05) is 30.3 Å². The molecule has 1 saturated heterocycles. The van der Waals surface area contributed by atoms with E-state index in [2.05, 4.69) is 4.85 Å². The maximum Gasteiger partial charge on any atom is 0.251 e. The van der Waals surface area contributed by atoms with E-state index in [-0.39, 0.29) is 6.04 Å². The van der Waals surface area contributed by atoms with E-state index in [1.807, 2.05) is 30.3 Å². The molecule has 1 fully saturated rings. The van der Waals surface area contributed by atoms with Gasteiger partial charge in [0.15, 0.2) is 0 Å². The maximum absolute atomic E-state index is 7.09. The standard InChI is InChI=1S/C11H11NO/c1-12-11(7-10-8-13-10)9-5-3-2-4-6-9/h2-6,10-11H,7-8H2/t10-,11?/m1/s1. The molecule has 0 radical (unpaired) electrons. The van der Waals surface area contributed by atoms with Gasteiger partial charge in [-0.3, -0.25) is 0 Å². The summed E-state index contributed by atoms with van der Waals surface area (Å²) in [6, 6.07) is 9.91. The smallest absolute Gasteiger partial charge is 0.251 e. The molecule has 1 aliphatic rings. The topological polar surface area (TPSA) is 16.9 Å². The molecule has 0 amide bonds. The van der Waals surface area contributed by atoms with Crippen molar-refractivity contribution >= 4 is 0 Å². The normalized spacial score (nSPS) is 21.9. The van der Waals surface area contributed by atoms with E-state index < -0.39 is 0 Å². The molecule has 1 aromatic carbocycles. The molecule has 2 rings (SSSR count). The minimum absolute atomic E-state index is 0.0197. The predicted octanol–water partition coefficient (Wildman–Crippen LogP) is 2.44. The Balaban J connectivity index is 2.08. The SMILES string of the molecule is [C-]#[N+]C(C[C@@H]1CO1)c1ccccc1. The maximum atomic E-state index is 7.09. The Morgan fingerprint density at radius 1 is 1.46 bits per heavy atom. The minimum atomic E-state index is -0.0197. The van der Waals surface area contributed by atoms with Crippen molar-refractivity contribution in [2.75, 3.05) is 6.61 Å². The average Bonchev–Trinajstić information content (AvgIpc) is 2.99. The third kappa shape index (κ3) is 2.07. The molecule has 0 aromatic heterocycles. The van der Waals surface area contributed by atoms with Crippen LogP contribution in [0.2, 0.25) is 0 Å². The van der Waals surface area contributed by atoms with Gasteiger partial charge in [0.05, 0.1) is 19.1 Å². The Morgan fingerprint density at radius 2 is 2.15 bits per heavy atom. The van der Waals surface area contributed by atoms with Crippen LogP contribution in [0, 0.1) is 6.57 Å². The Kier molecular flexibility index (Phi) is 2.29. The van der Waals surface area contributed by atoms with Crippen LogP contribution in [0.4, 0.5) is 0 Å². The van der Waals surface area contributed by atoms with Crippen LogP contribution in [-0.2, 0) is 4.74 Å². The molecule has 1 aliphatic heterocycles. The van der Waals surface area contributed by atoms with Crippen molar-refractivity contribution in [2.45, 2.75) is 18.6 Å². The van der Waals surface area contributed by atoms with Gasteiger partial charge in [-0.25, -0.2) is 6.57 Å². The van der Waals surface area contributed by atoms with Crippen molar-refractivity contribution in [2.24, 2.45) is 0 Å². The van der Waals surface area contributed by atoms with Crippen LogP contribution in [-0.4, -0.2) is 12.7 Å². The molecule has 66 valence electrons. The Morgan fingerprint density at radius 3 is 2.69 bits per heavy atom. The third-order valence-electron chi connectivity index (χ3n) is 2.23. The van der Waals surface area contributed by atoms with Crippen molar-refractivity contribution in [3.63, 3.8) is 0 Å². The van der Waals surface area contributed by atoms with E-state index in [1.54, 1.807) is 0 Å². The summed E-state index contributed by atoms with van der Waals surface area (Å²) in [4.78, 5) is 3.61. The molecule has 1 aromatic rings. The van der Waals surface area contributed by atoms with Crippen LogP contribution in [0.15, 0.2) is 30.3 Å². The first kappa shape index (κ1) is 8.28. The van der Waals surface area contributed by atoms with Crippen LogP contribution in [0.3, 0.4) is 0 Å². The first-order valence-corrected chi connectivity index (χ1v) is 4.43. The number of ether oxygens (including phenoxy) is 1. The second kappa shape index (κ2) is 3.59. The molecule has 2 heteroatoms. The molecule has 1 unspecified atom stereocenters. The summed E-state index contributed by atoms with van der Waals surface area (Å²) in [6.45, 7) is 7.92. The fourth-order valence-electron chi connectivity index (χ4n) is 1.39. The molecule has 1 heterocycles. The highest BCUT2D eigenvalue weighted by Crippen LogP contribution is 2.28. The van der Waals surface area contributed by atoms with Gasteiger partial charge in [0.1, 0.15) is 0 Å². The van der Waals surface area contributed by atoms with E-state index in [0.29, 0.717) is 6.10 Å². The van der Waals surface area contributed by atoms with Crippen LogP contribution >= 0.6 is 0 Å². The zero-order valence-corrected chi connectivity index (χ0v) is 7.31. The first-order valence-electron chi connectivity index (χ1n) is 4.43. The van der Waals surface area contributed by atoms with Gasteiger partial charge < -0.3 is 9.58 Å². The lowest BCUT2D eigenvalue weighted by Gasteiger charge is -2.02. The fraction of sp³-hybridized carbons (Fsp3) is 0.364. The molecule has 13 heavy (non-hydrogen) atoms. The van der Waals surface area contributed by atoms with Gasteiger partial charge in [0, 0.05) is 5.56 Å². The number of hydrogen-bond donors (Lipinski definition) is 0. The second-order valence-electron chi connectivity index (χ2n) is 3.25. The second-order valence-corrected chi connectivity index (χ2v) is 3.25. The zero-order chi connectivity index (χ0) is 9.10. The van der Waals surface area contributed by atoms with E-state index >= 15 is 0 Å². The van der Waals surface area contributed by atoms with E-state index in [9.17, 15) is 0 Å². The molecule has 0 saturated carbocycles. The molecule has 0 aliphatic carbocycles. The highest BCUT2D eigenvalue weighted by molar-refractivity contribution is 5.21. The summed E-state index contributed by atoms with van der Waals surface area (Å²) in [5.41, 5.74) is 1.10. The van der Waals surface area contributed by atoms with Crippen molar-refractivity contribution in [1.29, 1.82) is 0 Å². The largest absolute Gasteiger partial charge is 0.373 e. The average molecular weight is 173 g/mol. The Hall–Kier alpha value is -1.33. The summed E-state index contributed by atoms with van der Waals surface area (Å²) in [5.74, 6) is 0. The lowest BCUT2D eigenvalue weighted by Crippen LogP contribution is -1.97. The fourth-order valence-corrected chi connectivity index (χ4v) is 1.39. The van der Waals surface area contributed by atoms with Crippen molar-refractivity contribution < 1.29 is 4.74 Å². The highest BCUT2D eigenvalue weighted by atomic mass is 16.6. The highest BCUT2D eigenvalue weighted by Gasteiger charge is 2.30. The van der Waals surface area contributed by atoms with E-state index in [4.69, 9.17) is 11.3 Å².